The molecular formula is C13H19N3O2. The van der Waals surface area contributed by atoms with Crippen molar-refractivity contribution in [2.45, 2.75) is 40.2 Å². The zero-order valence-corrected chi connectivity index (χ0v) is 11.1. The summed E-state index contributed by atoms with van der Waals surface area (Å²) in [5, 5.41) is 13.4. The van der Waals surface area contributed by atoms with Gasteiger partial charge in [-0.05, 0) is 26.3 Å². The van der Waals surface area contributed by atoms with E-state index in [2.05, 4.69) is 5.10 Å². The third-order valence-electron chi connectivity index (χ3n) is 2.72. The number of carbonyl (C=O) groups excluding carboxylic acids is 1. The monoisotopic (exact) mass is 249 g/mol. The molecule has 0 radical (unpaired) electrons. The summed E-state index contributed by atoms with van der Waals surface area (Å²) in [5.41, 5.74) is 1.89. The van der Waals surface area contributed by atoms with E-state index in [1.807, 2.05) is 30.7 Å². The van der Waals surface area contributed by atoms with Crippen molar-refractivity contribution in [2.24, 2.45) is 5.92 Å². The maximum absolute atomic E-state index is 11.6. The number of carbonyl (C=O) groups is 1. The fraction of sp³-hybridized carbons (Fsp3) is 0.615. The molecule has 0 saturated heterocycles. The third kappa shape index (κ3) is 3.33. The predicted molar refractivity (Wildman–Crippen MR) is 66.7 cm³/mol. The largest absolute Gasteiger partial charge is 0.465 e. The van der Waals surface area contributed by atoms with Gasteiger partial charge >= 0.3 is 5.97 Å². The van der Waals surface area contributed by atoms with Crippen LogP contribution in [-0.2, 0) is 28.9 Å². The summed E-state index contributed by atoms with van der Waals surface area (Å²) in [6.07, 6.45) is 1.20. The first-order valence-electron chi connectivity index (χ1n) is 6.28. The zero-order valence-electron chi connectivity index (χ0n) is 11.1. The van der Waals surface area contributed by atoms with Crippen molar-refractivity contribution in [2.75, 3.05) is 6.61 Å². The summed E-state index contributed by atoms with van der Waals surface area (Å²) in [6, 6.07) is 3.95. The van der Waals surface area contributed by atoms with E-state index in [4.69, 9.17) is 10.00 Å². The number of esters is 1. The van der Waals surface area contributed by atoms with Crippen molar-refractivity contribution in [1.82, 2.24) is 9.78 Å². The van der Waals surface area contributed by atoms with Crippen LogP contribution in [0.1, 0.15) is 32.2 Å². The van der Waals surface area contributed by atoms with Gasteiger partial charge in [-0.3, -0.25) is 9.48 Å². The van der Waals surface area contributed by atoms with Gasteiger partial charge in [0.05, 0.1) is 18.4 Å². The van der Waals surface area contributed by atoms with Crippen LogP contribution in [0.25, 0.3) is 0 Å². The number of rotatable bonds is 6. The van der Waals surface area contributed by atoms with Crippen LogP contribution in [0.5, 0.6) is 0 Å². The fourth-order valence-corrected chi connectivity index (χ4v) is 1.76. The normalized spacial score (nSPS) is 11.9. The van der Waals surface area contributed by atoms with Crippen molar-refractivity contribution >= 4 is 5.97 Å². The van der Waals surface area contributed by atoms with Crippen molar-refractivity contribution in [1.29, 1.82) is 5.26 Å². The Balaban J connectivity index is 2.84. The highest BCUT2D eigenvalue weighted by molar-refractivity contribution is 5.75. The number of aryl methyl sites for hydroxylation is 2. The first kappa shape index (κ1) is 14.2. The molecule has 5 heteroatoms. The molecule has 1 unspecified atom stereocenters. The van der Waals surface area contributed by atoms with Crippen LogP contribution in [0.2, 0.25) is 0 Å². The summed E-state index contributed by atoms with van der Waals surface area (Å²) in [6.45, 7) is 6.78. The Morgan fingerprint density at radius 1 is 1.56 bits per heavy atom. The Bertz CT molecular complexity index is 446. The second-order valence-corrected chi connectivity index (χ2v) is 3.93. The maximum Gasteiger partial charge on any atom is 0.323 e. The molecule has 5 nitrogen and oxygen atoms in total. The molecule has 1 rings (SSSR count). The molecule has 0 saturated carbocycles. The average Bonchev–Trinajstić information content (AvgIpc) is 2.78. The summed E-state index contributed by atoms with van der Waals surface area (Å²) in [4.78, 5) is 11.6. The van der Waals surface area contributed by atoms with E-state index in [1.54, 1.807) is 6.92 Å². The van der Waals surface area contributed by atoms with Crippen LogP contribution in [0, 0.1) is 17.2 Å². The molecule has 1 atom stereocenters. The molecule has 0 amide bonds. The number of aromatic nitrogens is 2. The number of nitrogens with zero attached hydrogens (tertiary/aromatic N) is 3. The Hall–Kier alpha value is -1.83. The summed E-state index contributed by atoms with van der Waals surface area (Å²) < 4.78 is 6.72. The van der Waals surface area contributed by atoms with E-state index in [0.29, 0.717) is 13.0 Å². The Morgan fingerprint density at radius 3 is 2.78 bits per heavy atom. The quantitative estimate of drug-likeness (QED) is 0.720. The molecule has 1 aromatic rings. The highest BCUT2D eigenvalue weighted by Crippen LogP contribution is 2.13. The smallest absolute Gasteiger partial charge is 0.323 e. The topological polar surface area (TPSA) is 67.9 Å². The predicted octanol–water partition coefficient (Wildman–Crippen LogP) is 1.71. The lowest BCUT2D eigenvalue weighted by molar-refractivity contribution is -0.146. The van der Waals surface area contributed by atoms with E-state index >= 15 is 0 Å². The second kappa shape index (κ2) is 6.80. The SMILES string of the molecule is CCOC(=O)C(C#N)Cc1cc(CC)nn1CC. The fourth-order valence-electron chi connectivity index (χ4n) is 1.76. The van der Waals surface area contributed by atoms with Crippen molar-refractivity contribution in [3.8, 4) is 6.07 Å². The third-order valence-corrected chi connectivity index (χ3v) is 2.72. The minimum Gasteiger partial charge on any atom is -0.465 e. The number of ether oxygens (including phenoxy) is 1. The van der Waals surface area contributed by atoms with Gasteiger partial charge in [0.25, 0.3) is 0 Å². The molecule has 98 valence electrons. The van der Waals surface area contributed by atoms with E-state index in [0.717, 1.165) is 24.4 Å². The number of nitriles is 1. The Kier molecular flexibility index (Phi) is 5.37. The van der Waals surface area contributed by atoms with E-state index in [-0.39, 0.29) is 0 Å². The Morgan fingerprint density at radius 2 is 2.28 bits per heavy atom. The molecule has 0 aliphatic heterocycles. The lowest BCUT2D eigenvalue weighted by Crippen LogP contribution is -2.20. The number of hydrogen-bond donors (Lipinski definition) is 0. The van der Waals surface area contributed by atoms with Gasteiger partial charge in [0, 0.05) is 18.7 Å². The first-order chi connectivity index (χ1) is 8.65. The molecule has 0 aromatic carbocycles. The van der Waals surface area contributed by atoms with Crippen LogP contribution in [0.3, 0.4) is 0 Å². The van der Waals surface area contributed by atoms with E-state index < -0.39 is 11.9 Å². The second-order valence-electron chi connectivity index (χ2n) is 3.93. The average molecular weight is 249 g/mol. The van der Waals surface area contributed by atoms with Crippen LogP contribution in [0.15, 0.2) is 6.07 Å². The molecule has 0 aliphatic rings. The molecule has 1 heterocycles. The molecule has 0 fully saturated rings. The lowest BCUT2D eigenvalue weighted by Gasteiger charge is -2.09. The molecule has 18 heavy (non-hydrogen) atoms. The van der Waals surface area contributed by atoms with Gasteiger partial charge in [0.2, 0.25) is 0 Å². The Labute approximate surface area is 107 Å². The number of hydrogen-bond acceptors (Lipinski definition) is 4. The highest BCUT2D eigenvalue weighted by atomic mass is 16.5. The lowest BCUT2D eigenvalue weighted by atomic mass is 10.0. The van der Waals surface area contributed by atoms with Gasteiger partial charge in [0.15, 0.2) is 0 Å². The minimum atomic E-state index is -0.753. The molecule has 0 aliphatic carbocycles. The zero-order chi connectivity index (χ0) is 13.5. The van der Waals surface area contributed by atoms with Crippen molar-refractivity contribution < 1.29 is 9.53 Å². The maximum atomic E-state index is 11.6. The standard InChI is InChI=1S/C13H19N3O2/c1-4-11-8-12(16(5-2)15-11)7-10(9-14)13(17)18-6-3/h8,10H,4-7H2,1-3H3. The van der Waals surface area contributed by atoms with Crippen LogP contribution in [0.4, 0.5) is 0 Å². The van der Waals surface area contributed by atoms with E-state index in [1.165, 1.54) is 0 Å². The van der Waals surface area contributed by atoms with Gasteiger partial charge < -0.3 is 4.74 Å². The van der Waals surface area contributed by atoms with E-state index in [9.17, 15) is 4.79 Å². The molecular weight excluding hydrogens is 230 g/mol. The van der Waals surface area contributed by atoms with Crippen LogP contribution >= 0.6 is 0 Å². The van der Waals surface area contributed by atoms with Gasteiger partial charge in [-0.2, -0.15) is 10.4 Å². The summed E-state index contributed by atoms with van der Waals surface area (Å²) in [5.74, 6) is -1.21. The van der Waals surface area contributed by atoms with Crippen LogP contribution in [-0.4, -0.2) is 22.4 Å². The van der Waals surface area contributed by atoms with Crippen LogP contribution < -0.4 is 0 Å². The van der Waals surface area contributed by atoms with Gasteiger partial charge in [-0.25, -0.2) is 0 Å². The van der Waals surface area contributed by atoms with Gasteiger partial charge in [0.1, 0.15) is 5.92 Å². The van der Waals surface area contributed by atoms with Gasteiger partial charge in [-0.15, -0.1) is 0 Å². The first-order valence-corrected chi connectivity index (χ1v) is 6.28. The molecule has 0 N–H and O–H groups in total. The summed E-state index contributed by atoms with van der Waals surface area (Å²) in [7, 11) is 0. The highest BCUT2D eigenvalue weighted by Gasteiger charge is 2.21. The van der Waals surface area contributed by atoms with Crippen molar-refractivity contribution in [3.05, 3.63) is 17.5 Å². The molecule has 0 spiro atoms. The molecule has 1 aromatic heterocycles. The van der Waals surface area contributed by atoms with Crippen molar-refractivity contribution in [3.63, 3.8) is 0 Å². The summed E-state index contributed by atoms with van der Waals surface area (Å²) >= 11 is 0. The minimum absolute atomic E-state index is 0.296. The molecule has 0 bridgehead atoms. The van der Waals surface area contributed by atoms with Gasteiger partial charge in [-0.1, -0.05) is 6.92 Å².